The molecule has 6 nitrogen and oxygen atoms in total. The molecule has 0 radical (unpaired) electrons. The molecular weight excluding hydrogens is 385 g/mol. The molecule has 0 fully saturated rings. The molecule has 0 aliphatic carbocycles. The van der Waals surface area contributed by atoms with Gasteiger partial charge in [-0.15, -0.1) is 0 Å². The number of aromatic nitrogens is 2. The van der Waals surface area contributed by atoms with Crippen LogP contribution in [0.2, 0.25) is 0 Å². The zero-order chi connectivity index (χ0) is 20.8. The second-order valence-corrected chi connectivity index (χ2v) is 7.77. The van der Waals surface area contributed by atoms with Crippen molar-refractivity contribution >= 4 is 16.9 Å². The van der Waals surface area contributed by atoms with Crippen LogP contribution in [0.4, 0.5) is 4.39 Å². The van der Waals surface area contributed by atoms with Gasteiger partial charge in [0.15, 0.2) is 11.3 Å². The average Bonchev–Trinajstić information content (AvgIpc) is 3.32. The number of benzene rings is 2. The maximum absolute atomic E-state index is 13.3. The van der Waals surface area contributed by atoms with Crippen LogP contribution in [0.15, 0.2) is 45.4 Å². The standard InChI is InChI=1S/C23H20FN3O3/c1-13-9-14(2)22-19(26-29-20(22)10-13)11-21(28)27-8-7-18-17(12-27)23(30-25-18)15-3-5-16(24)6-4-15/h3-6,9-10H,7-8,11-12H2,1-2H3. The normalized spacial score (nSPS) is 13.6. The lowest BCUT2D eigenvalue weighted by atomic mass is 10.0. The van der Waals surface area contributed by atoms with Gasteiger partial charge >= 0.3 is 0 Å². The van der Waals surface area contributed by atoms with Crippen molar-refractivity contribution in [2.24, 2.45) is 0 Å². The number of carbonyl (C=O) groups is 1. The molecule has 4 aromatic rings. The molecule has 3 heterocycles. The third kappa shape index (κ3) is 3.16. The zero-order valence-electron chi connectivity index (χ0n) is 16.7. The Kier molecular flexibility index (Phi) is 4.38. The monoisotopic (exact) mass is 405 g/mol. The highest BCUT2D eigenvalue weighted by atomic mass is 19.1. The van der Waals surface area contributed by atoms with Gasteiger partial charge in [-0.05, 0) is 55.3 Å². The van der Waals surface area contributed by atoms with Gasteiger partial charge in [-0.3, -0.25) is 4.79 Å². The smallest absolute Gasteiger partial charge is 0.229 e. The van der Waals surface area contributed by atoms with Crippen LogP contribution in [0, 0.1) is 19.7 Å². The Bertz CT molecular complexity index is 1260. The number of nitrogens with zero attached hydrogens (tertiary/aromatic N) is 3. The van der Waals surface area contributed by atoms with Gasteiger partial charge in [-0.2, -0.15) is 0 Å². The van der Waals surface area contributed by atoms with Gasteiger partial charge in [0, 0.05) is 29.5 Å². The number of rotatable bonds is 3. The summed E-state index contributed by atoms with van der Waals surface area (Å²) in [7, 11) is 0. The van der Waals surface area contributed by atoms with Crippen LogP contribution in [0.3, 0.4) is 0 Å². The Labute approximate surface area is 172 Å². The maximum atomic E-state index is 13.3. The number of amides is 1. The van der Waals surface area contributed by atoms with E-state index >= 15 is 0 Å². The SMILES string of the molecule is Cc1cc(C)c2c(CC(=O)N3CCc4noc(-c5ccc(F)cc5)c4C3)noc2c1. The van der Waals surface area contributed by atoms with Crippen molar-refractivity contribution < 1.29 is 18.2 Å². The molecule has 0 unspecified atom stereocenters. The number of aryl methyl sites for hydroxylation is 2. The predicted octanol–water partition coefficient (Wildman–Crippen LogP) is 4.37. The molecule has 0 bridgehead atoms. The molecule has 2 aromatic carbocycles. The predicted molar refractivity (Wildman–Crippen MR) is 108 cm³/mol. The number of carbonyl (C=O) groups excluding carboxylic acids is 1. The van der Waals surface area contributed by atoms with Gasteiger partial charge in [0.05, 0.1) is 18.7 Å². The van der Waals surface area contributed by atoms with Gasteiger partial charge in [0.25, 0.3) is 0 Å². The van der Waals surface area contributed by atoms with Crippen LogP contribution < -0.4 is 0 Å². The van der Waals surface area contributed by atoms with Gasteiger partial charge in [0.1, 0.15) is 11.5 Å². The molecule has 7 heteroatoms. The van der Waals surface area contributed by atoms with Gasteiger partial charge in [-0.1, -0.05) is 16.4 Å². The van der Waals surface area contributed by atoms with E-state index in [1.165, 1.54) is 12.1 Å². The second kappa shape index (κ2) is 7.09. The largest absolute Gasteiger partial charge is 0.356 e. The first kappa shape index (κ1) is 18.5. The molecule has 0 atom stereocenters. The van der Waals surface area contributed by atoms with Crippen molar-refractivity contribution in [2.45, 2.75) is 33.2 Å². The molecular formula is C23H20FN3O3. The second-order valence-electron chi connectivity index (χ2n) is 7.77. The van der Waals surface area contributed by atoms with E-state index in [4.69, 9.17) is 9.05 Å². The summed E-state index contributed by atoms with van der Waals surface area (Å²) in [5.74, 6) is 0.247. The van der Waals surface area contributed by atoms with Crippen molar-refractivity contribution in [3.63, 3.8) is 0 Å². The van der Waals surface area contributed by atoms with E-state index in [0.29, 0.717) is 36.5 Å². The van der Waals surface area contributed by atoms with E-state index < -0.39 is 0 Å². The van der Waals surface area contributed by atoms with Gasteiger partial charge in [-0.25, -0.2) is 4.39 Å². The lowest BCUT2D eigenvalue weighted by molar-refractivity contribution is -0.131. The first-order valence-electron chi connectivity index (χ1n) is 9.86. The molecule has 1 amide bonds. The molecule has 1 aliphatic heterocycles. The molecule has 1 aliphatic rings. The van der Waals surface area contributed by atoms with Crippen molar-refractivity contribution in [3.8, 4) is 11.3 Å². The Balaban J connectivity index is 1.39. The summed E-state index contributed by atoms with van der Waals surface area (Å²) >= 11 is 0. The number of halogens is 1. The highest BCUT2D eigenvalue weighted by Crippen LogP contribution is 2.31. The van der Waals surface area contributed by atoms with Crippen LogP contribution in [-0.2, 0) is 24.2 Å². The molecule has 0 saturated heterocycles. The maximum Gasteiger partial charge on any atom is 0.229 e. The summed E-state index contributed by atoms with van der Waals surface area (Å²) in [5.41, 5.74) is 5.96. The molecule has 2 aromatic heterocycles. The van der Waals surface area contributed by atoms with Crippen molar-refractivity contribution in [1.29, 1.82) is 0 Å². The summed E-state index contributed by atoms with van der Waals surface area (Å²) in [6, 6.07) is 10.1. The molecule has 0 N–H and O–H groups in total. The van der Waals surface area contributed by atoms with Crippen molar-refractivity contribution in [1.82, 2.24) is 15.2 Å². The molecule has 5 rings (SSSR count). The summed E-state index contributed by atoms with van der Waals surface area (Å²) in [6.45, 7) is 4.97. The van der Waals surface area contributed by atoms with Crippen molar-refractivity contribution in [2.75, 3.05) is 6.54 Å². The molecule has 0 saturated carbocycles. The summed E-state index contributed by atoms with van der Waals surface area (Å²) < 4.78 is 24.2. The summed E-state index contributed by atoms with van der Waals surface area (Å²) in [5, 5.41) is 9.21. The quantitative estimate of drug-likeness (QED) is 0.506. The van der Waals surface area contributed by atoms with E-state index in [-0.39, 0.29) is 18.1 Å². The topological polar surface area (TPSA) is 72.4 Å². The number of hydrogen-bond acceptors (Lipinski definition) is 5. The van der Waals surface area contributed by atoms with Crippen LogP contribution in [0.1, 0.15) is 28.1 Å². The van der Waals surface area contributed by atoms with E-state index in [9.17, 15) is 9.18 Å². The van der Waals surface area contributed by atoms with E-state index in [1.807, 2.05) is 19.9 Å². The molecule has 0 spiro atoms. The Morgan fingerprint density at radius 2 is 1.93 bits per heavy atom. The fourth-order valence-electron chi connectivity index (χ4n) is 4.15. The lowest BCUT2D eigenvalue weighted by Gasteiger charge is -2.26. The average molecular weight is 405 g/mol. The van der Waals surface area contributed by atoms with E-state index in [2.05, 4.69) is 16.4 Å². The summed E-state index contributed by atoms with van der Waals surface area (Å²) in [4.78, 5) is 14.8. The van der Waals surface area contributed by atoms with Crippen molar-refractivity contribution in [3.05, 3.63) is 70.3 Å². The third-order valence-corrected chi connectivity index (χ3v) is 5.60. The van der Waals surface area contributed by atoms with E-state index in [1.54, 1.807) is 17.0 Å². The Morgan fingerprint density at radius 3 is 2.73 bits per heavy atom. The summed E-state index contributed by atoms with van der Waals surface area (Å²) in [6.07, 6.45) is 0.785. The highest BCUT2D eigenvalue weighted by Gasteiger charge is 2.28. The highest BCUT2D eigenvalue weighted by molar-refractivity contribution is 5.89. The Morgan fingerprint density at radius 1 is 1.13 bits per heavy atom. The van der Waals surface area contributed by atoms with Gasteiger partial charge in [0.2, 0.25) is 5.91 Å². The fraction of sp³-hybridized carbons (Fsp3) is 0.261. The minimum atomic E-state index is -0.311. The first-order chi connectivity index (χ1) is 14.5. The fourth-order valence-corrected chi connectivity index (χ4v) is 4.15. The number of fused-ring (bicyclic) bond motifs is 2. The first-order valence-corrected chi connectivity index (χ1v) is 9.86. The van der Waals surface area contributed by atoms with Crippen LogP contribution in [-0.4, -0.2) is 27.7 Å². The van der Waals surface area contributed by atoms with E-state index in [0.717, 1.165) is 33.3 Å². The third-order valence-electron chi connectivity index (χ3n) is 5.60. The Hall–Kier alpha value is -3.48. The van der Waals surface area contributed by atoms with Crippen LogP contribution in [0.5, 0.6) is 0 Å². The lowest BCUT2D eigenvalue weighted by Crippen LogP contribution is -2.37. The molecule has 152 valence electrons. The zero-order valence-corrected chi connectivity index (χ0v) is 16.7. The minimum absolute atomic E-state index is 0.0259. The van der Waals surface area contributed by atoms with Crippen LogP contribution in [0.25, 0.3) is 22.3 Å². The van der Waals surface area contributed by atoms with Crippen LogP contribution >= 0.6 is 0 Å². The van der Waals surface area contributed by atoms with Gasteiger partial charge < -0.3 is 13.9 Å². The minimum Gasteiger partial charge on any atom is -0.356 e. The molecule has 30 heavy (non-hydrogen) atoms. The number of hydrogen-bond donors (Lipinski definition) is 0.